The Labute approximate surface area is 135 Å². The van der Waals surface area contributed by atoms with Crippen molar-refractivity contribution in [1.29, 1.82) is 0 Å². The largest absolute Gasteiger partial charge is 0.493 e. The van der Waals surface area contributed by atoms with Gasteiger partial charge in [-0.05, 0) is 32.4 Å². The van der Waals surface area contributed by atoms with E-state index >= 15 is 0 Å². The minimum Gasteiger partial charge on any atom is -0.493 e. The number of carbonyl (C=O) groups excluding carboxylic acids is 1. The zero-order valence-corrected chi connectivity index (χ0v) is 14.1. The predicted octanol–water partition coefficient (Wildman–Crippen LogP) is 3.67. The van der Waals surface area contributed by atoms with Gasteiger partial charge in [0, 0.05) is 11.4 Å². The molecule has 118 valence electrons. The Morgan fingerprint density at radius 2 is 2.14 bits per heavy atom. The predicted molar refractivity (Wildman–Crippen MR) is 90.3 cm³/mol. The smallest absolute Gasteiger partial charge is 0.226 e. The first kappa shape index (κ1) is 16.5. The second-order valence-electron chi connectivity index (χ2n) is 5.13. The highest BCUT2D eigenvalue weighted by atomic mass is 32.1. The fourth-order valence-corrected chi connectivity index (χ4v) is 2.88. The molecule has 0 radical (unpaired) electrons. The van der Waals surface area contributed by atoms with E-state index in [1.165, 1.54) is 11.3 Å². The molecule has 2 aromatic rings. The van der Waals surface area contributed by atoms with Gasteiger partial charge >= 0.3 is 0 Å². The van der Waals surface area contributed by atoms with Gasteiger partial charge in [-0.2, -0.15) is 0 Å². The van der Waals surface area contributed by atoms with Crippen molar-refractivity contribution in [3.05, 3.63) is 35.3 Å². The van der Waals surface area contributed by atoms with Crippen molar-refractivity contribution in [3.63, 3.8) is 0 Å². The molecule has 1 aromatic carbocycles. The summed E-state index contributed by atoms with van der Waals surface area (Å²) < 4.78 is 5.64. The summed E-state index contributed by atoms with van der Waals surface area (Å²) in [5, 5.41) is 5.78. The molecule has 1 N–H and O–H groups in total. The molecule has 0 saturated heterocycles. The molecule has 2 rings (SSSR count). The number of nitrogens with zero attached hydrogens (tertiary/aromatic N) is 1. The van der Waals surface area contributed by atoms with Crippen LogP contribution in [-0.2, 0) is 11.2 Å². The minimum atomic E-state index is 0.0179. The first-order valence-corrected chi connectivity index (χ1v) is 8.48. The molecule has 0 spiro atoms. The van der Waals surface area contributed by atoms with Gasteiger partial charge in [0.1, 0.15) is 10.8 Å². The number of nitrogens with one attached hydrogen (secondary N) is 1. The average molecular weight is 318 g/mol. The van der Waals surface area contributed by atoms with E-state index in [2.05, 4.69) is 17.2 Å². The van der Waals surface area contributed by atoms with Gasteiger partial charge in [-0.3, -0.25) is 4.79 Å². The molecule has 1 amide bonds. The molecule has 1 aromatic heterocycles. The molecule has 4 nitrogen and oxygen atoms in total. The topological polar surface area (TPSA) is 51.2 Å². The Morgan fingerprint density at radius 3 is 2.86 bits per heavy atom. The lowest BCUT2D eigenvalue weighted by molar-refractivity contribution is -0.121. The number of aromatic nitrogens is 1. The number of amides is 1. The third-order valence-corrected chi connectivity index (χ3v) is 4.25. The first-order valence-electron chi connectivity index (χ1n) is 7.60. The summed E-state index contributed by atoms with van der Waals surface area (Å²) in [6, 6.07) is 8.05. The Kier molecular flexibility index (Phi) is 5.95. The summed E-state index contributed by atoms with van der Waals surface area (Å²) in [6.45, 7) is 6.63. The van der Waals surface area contributed by atoms with Crippen LogP contribution >= 0.6 is 11.3 Å². The zero-order valence-electron chi connectivity index (χ0n) is 13.3. The number of hydrogen-bond donors (Lipinski definition) is 1. The van der Waals surface area contributed by atoms with Crippen molar-refractivity contribution in [3.8, 4) is 16.3 Å². The number of thiazole rings is 1. The Morgan fingerprint density at radius 1 is 1.36 bits per heavy atom. The third kappa shape index (κ3) is 4.31. The zero-order chi connectivity index (χ0) is 15.9. The Balaban J connectivity index is 2.10. The van der Waals surface area contributed by atoms with Gasteiger partial charge < -0.3 is 10.1 Å². The van der Waals surface area contributed by atoms with Crippen LogP contribution in [0.25, 0.3) is 10.6 Å². The lowest BCUT2D eigenvalue weighted by atomic mass is 10.2. The molecule has 22 heavy (non-hydrogen) atoms. The Bertz CT molecular complexity index is 625. The van der Waals surface area contributed by atoms with Crippen molar-refractivity contribution in [2.75, 3.05) is 6.61 Å². The van der Waals surface area contributed by atoms with E-state index in [9.17, 15) is 4.79 Å². The van der Waals surface area contributed by atoms with Crippen molar-refractivity contribution in [2.24, 2.45) is 0 Å². The highest BCUT2D eigenvalue weighted by molar-refractivity contribution is 7.13. The van der Waals surface area contributed by atoms with Crippen LogP contribution in [0, 0.1) is 0 Å². The number of para-hydroxylation sites is 1. The van der Waals surface area contributed by atoms with Crippen molar-refractivity contribution >= 4 is 17.2 Å². The molecule has 0 bridgehead atoms. The average Bonchev–Trinajstić information content (AvgIpc) is 2.96. The van der Waals surface area contributed by atoms with E-state index in [1.807, 2.05) is 43.5 Å². The highest BCUT2D eigenvalue weighted by Gasteiger charge is 2.13. The fraction of sp³-hybridized carbons (Fsp3) is 0.412. The lowest BCUT2D eigenvalue weighted by Gasteiger charge is -2.10. The van der Waals surface area contributed by atoms with Crippen LogP contribution in [0.4, 0.5) is 0 Å². The number of ether oxygens (including phenoxy) is 1. The maximum Gasteiger partial charge on any atom is 0.226 e. The summed E-state index contributed by atoms with van der Waals surface area (Å²) >= 11 is 1.54. The van der Waals surface area contributed by atoms with E-state index in [0.29, 0.717) is 13.0 Å². The number of carbonyl (C=O) groups is 1. The lowest BCUT2D eigenvalue weighted by Crippen LogP contribution is -2.33. The molecular weight excluding hydrogens is 296 g/mol. The number of benzene rings is 1. The quantitative estimate of drug-likeness (QED) is 0.847. The summed E-state index contributed by atoms with van der Waals surface area (Å²) in [4.78, 5) is 16.5. The van der Waals surface area contributed by atoms with Crippen molar-refractivity contribution < 1.29 is 9.53 Å². The molecule has 1 heterocycles. The standard InChI is InChI=1S/C17H22N2O2S/c1-4-12(3)18-16(20)10-13-11-22-17(19-13)14-8-6-7-9-15(14)21-5-2/h6-9,11-12H,4-5,10H2,1-3H3,(H,18,20). The molecular formula is C17H22N2O2S. The molecule has 5 heteroatoms. The maximum atomic E-state index is 11.9. The van der Waals surface area contributed by atoms with Gasteiger partial charge in [-0.1, -0.05) is 19.1 Å². The minimum absolute atomic E-state index is 0.0179. The monoisotopic (exact) mass is 318 g/mol. The van der Waals surface area contributed by atoms with Crippen LogP contribution in [0.1, 0.15) is 32.9 Å². The summed E-state index contributed by atoms with van der Waals surface area (Å²) in [7, 11) is 0. The molecule has 1 atom stereocenters. The summed E-state index contributed by atoms with van der Waals surface area (Å²) in [5.41, 5.74) is 1.77. The summed E-state index contributed by atoms with van der Waals surface area (Å²) in [6.07, 6.45) is 1.24. The number of hydrogen-bond acceptors (Lipinski definition) is 4. The molecule has 0 aliphatic carbocycles. The van der Waals surface area contributed by atoms with Crippen LogP contribution in [0.2, 0.25) is 0 Å². The first-order chi connectivity index (χ1) is 10.6. The van der Waals surface area contributed by atoms with Crippen molar-refractivity contribution in [1.82, 2.24) is 10.3 Å². The van der Waals surface area contributed by atoms with Gasteiger partial charge in [-0.25, -0.2) is 4.98 Å². The van der Waals surface area contributed by atoms with Crippen LogP contribution in [0.5, 0.6) is 5.75 Å². The van der Waals surface area contributed by atoms with E-state index in [0.717, 1.165) is 28.4 Å². The van der Waals surface area contributed by atoms with Gasteiger partial charge in [-0.15, -0.1) is 11.3 Å². The molecule has 0 aliphatic rings. The fourth-order valence-electron chi connectivity index (χ4n) is 2.03. The summed E-state index contributed by atoms with van der Waals surface area (Å²) in [5.74, 6) is 0.847. The van der Waals surface area contributed by atoms with E-state index in [1.54, 1.807) is 0 Å². The molecule has 0 fully saturated rings. The van der Waals surface area contributed by atoms with Gasteiger partial charge in [0.05, 0.1) is 24.3 Å². The molecule has 0 saturated carbocycles. The third-order valence-electron chi connectivity index (χ3n) is 3.33. The van der Waals surface area contributed by atoms with Crippen LogP contribution < -0.4 is 10.1 Å². The van der Waals surface area contributed by atoms with E-state index in [-0.39, 0.29) is 11.9 Å². The van der Waals surface area contributed by atoms with Gasteiger partial charge in [0.15, 0.2) is 0 Å². The van der Waals surface area contributed by atoms with E-state index in [4.69, 9.17) is 4.74 Å². The number of rotatable bonds is 7. The van der Waals surface area contributed by atoms with Crippen LogP contribution in [-0.4, -0.2) is 23.5 Å². The Hall–Kier alpha value is -1.88. The van der Waals surface area contributed by atoms with Gasteiger partial charge in [0.25, 0.3) is 0 Å². The second kappa shape index (κ2) is 7.94. The van der Waals surface area contributed by atoms with Gasteiger partial charge in [0.2, 0.25) is 5.91 Å². The highest BCUT2D eigenvalue weighted by Crippen LogP contribution is 2.32. The van der Waals surface area contributed by atoms with E-state index < -0.39 is 0 Å². The normalized spacial score (nSPS) is 12.0. The van der Waals surface area contributed by atoms with Crippen LogP contribution in [0.15, 0.2) is 29.6 Å². The SMILES string of the molecule is CCOc1ccccc1-c1nc(CC(=O)NC(C)CC)cs1. The second-order valence-corrected chi connectivity index (χ2v) is 5.98. The van der Waals surface area contributed by atoms with Crippen LogP contribution in [0.3, 0.4) is 0 Å². The van der Waals surface area contributed by atoms with Crippen molar-refractivity contribution in [2.45, 2.75) is 39.7 Å². The maximum absolute atomic E-state index is 11.9. The molecule has 0 aliphatic heterocycles. The molecule has 1 unspecified atom stereocenters.